The van der Waals surface area contributed by atoms with E-state index in [4.69, 9.17) is 0 Å². The molecule has 0 amide bonds. The minimum atomic E-state index is 0. The van der Waals surface area contributed by atoms with Crippen LogP contribution in [-0.2, 0) is 24.4 Å². The van der Waals surface area contributed by atoms with Gasteiger partial charge in [-0.25, -0.2) is 0 Å². The van der Waals surface area contributed by atoms with Crippen molar-refractivity contribution < 1.29 is 35.3 Å². The van der Waals surface area contributed by atoms with Gasteiger partial charge in [-0.3, -0.25) is 0 Å². The van der Waals surface area contributed by atoms with Crippen LogP contribution in [0.2, 0.25) is 4.18 Å². The van der Waals surface area contributed by atoms with Crippen molar-refractivity contribution in [3.63, 3.8) is 0 Å². The maximum absolute atomic E-state index is 2.27. The molecule has 3 heteroatoms. The topological polar surface area (TPSA) is 63.0 Å². The number of rotatable bonds is 6. The minimum Gasteiger partial charge on any atom is -0.412 e. The van der Waals surface area contributed by atoms with E-state index in [-0.39, 0.29) is 11.0 Å². The van der Waals surface area contributed by atoms with Gasteiger partial charge in [0.05, 0.1) is 0 Å². The van der Waals surface area contributed by atoms with Gasteiger partial charge in [0.1, 0.15) is 0 Å². The molecule has 0 aromatic heterocycles. The second-order valence-corrected chi connectivity index (χ2v) is 4.31. The predicted octanol–water partition coefficient (Wildman–Crippen LogP) is 1.66. The Morgan fingerprint density at radius 1 is 0.818 bits per heavy atom. The fraction of sp³-hybridized carbons (Fsp3) is 1.00. The summed E-state index contributed by atoms with van der Waals surface area (Å²) in [6.45, 7) is 2.27. The van der Waals surface area contributed by atoms with Crippen molar-refractivity contribution in [1.82, 2.24) is 0 Å². The van der Waals surface area contributed by atoms with Crippen molar-refractivity contribution >= 4 is 0 Å². The normalized spacial score (nSPS) is 8.00. The molecule has 0 aromatic carbocycles. The zero-order chi connectivity index (χ0) is 6.95. The number of hydrogen-bond acceptors (Lipinski definition) is 0. The van der Waals surface area contributed by atoms with Crippen molar-refractivity contribution in [1.29, 1.82) is 0 Å². The molecule has 0 spiro atoms. The van der Waals surface area contributed by atoms with E-state index in [2.05, 4.69) is 6.92 Å². The first-order valence-electron chi connectivity index (χ1n) is 4.06. The van der Waals surface area contributed by atoms with Gasteiger partial charge in [-0.2, -0.15) is 0 Å². The third-order valence-electron chi connectivity index (χ3n) is 1.53. The first-order chi connectivity index (χ1) is 4.41. The summed E-state index contributed by atoms with van der Waals surface area (Å²) < 4.78 is 1.51. The van der Waals surface area contributed by atoms with Gasteiger partial charge >= 0.3 is 74.0 Å². The van der Waals surface area contributed by atoms with E-state index in [1.165, 1.54) is 67.1 Å². The van der Waals surface area contributed by atoms with Gasteiger partial charge in [-0.1, -0.05) is 0 Å². The van der Waals surface area contributed by atoms with Gasteiger partial charge in [0.2, 0.25) is 0 Å². The molecule has 0 saturated heterocycles. The van der Waals surface area contributed by atoms with Crippen LogP contribution in [0.3, 0.4) is 0 Å². The summed E-state index contributed by atoms with van der Waals surface area (Å²) >= 11 is 1.41. The van der Waals surface area contributed by atoms with E-state index in [9.17, 15) is 0 Å². The SMILES string of the molecule is CCCCCCC[CH2][Hf].O.O. The van der Waals surface area contributed by atoms with E-state index < -0.39 is 0 Å². The molecule has 0 saturated carbocycles. The molecule has 69 valence electrons. The molecule has 0 heterocycles. The monoisotopic (exact) mass is 329 g/mol. The van der Waals surface area contributed by atoms with Crippen molar-refractivity contribution in [2.75, 3.05) is 0 Å². The summed E-state index contributed by atoms with van der Waals surface area (Å²) in [6, 6.07) is 0. The molecule has 2 nitrogen and oxygen atoms in total. The standard InChI is InChI=1S/C8H17.Hf.2H2O/c1-3-5-7-8-6-4-2;;;/h1,3-8H2,2H3;;2*1H2. The van der Waals surface area contributed by atoms with Crippen LogP contribution in [-0.4, -0.2) is 11.0 Å². The molecule has 0 unspecified atom stereocenters. The van der Waals surface area contributed by atoms with Gasteiger partial charge in [0, 0.05) is 0 Å². The van der Waals surface area contributed by atoms with Crippen molar-refractivity contribution in [3.05, 3.63) is 0 Å². The third kappa shape index (κ3) is 18.1. The van der Waals surface area contributed by atoms with E-state index >= 15 is 0 Å². The van der Waals surface area contributed by atoms with E-state index in [0.717, 1.165) is 0 Å². The molecule has 0 radical (unpaired) electrons. The molecule has 0 bridgehead atoms. The smallest absolute Gasteiger partial charge is 0.412 e. The van der Waals surface area contributed by atoms with Crippen LogP contribution in [0.15, 0.2) is 0 Å². The van der Waals surface area contributed by atoms with Crippen LogP contribution in [0.1, 0.15) is 45.4 Å². The van der Waals surface area contributed by atoms with Crippen LogP contribution < -0.4 is 0 Å². The molecule has 4 N–H and O–H groups in total. The molecule has 0 aliphatic heterocycles. The number of unbranched alkanes of at least 4 members (excludes halogenated alkanes) is 5. The van der Waals surface area contributed by atoms with Gasteiger partial charge in [0.25, 0.3) is 0 Å². The van der Waals surface area contributed by atoms with E-state index in [0.29, 0.717) is 0 Å². The summed E-state index contributed by atoms with van der Waals surface area (Å²) in [6.07, 6.45) is 8.76. The Morgan fingerprint density at radius 3 is 1.73 bits per heavy atom. The van der Waals surface area contributed by atoms with Gasteiger partial charge in [0.15, 0.2) is 0 Å². The van der Waals surface area contributed by atoms with Gasteiger partial charge in [-0.15, -0.1) is 0 Å². The summed E-state index contributed by atoms with van der Waals surface area (Å²) in [5.74, 6) is 0. The average molecular weight is 328 g/mol. The quantitative estimate of drug-likeness (QED) is 0.526. The Hall–Kier alpha value is 0.790. The predicted molar refractivity (Wildman–Crippen MR) is 45.4 cm³/mol. The van der Waals surface area contributed by atoms with Gasteiger partial charge in [-0.05, 0) is 0 Å². The maximum atomic E-state index is 2.27. The molecule has 0 fully saturated rings. The Bertz CT molecular complexity index is 45.4. The van der Waals surface area contributed by atoms with Crippen molar-refractivity contribution in [2.45, 2.75) is 49.6 Å². The largest absolute Gasteiger partial charge is 0.412 e. The molecule has 0 aromatic rings. The van der Waals surface area contributed by atoms with Gasteiger partial charge < -0.3 is 11.0 Å². The Balaban J connectivity index is -0.000000320. The average Bonchev–Trinajstić information content (AvgIpc) is 1.89. The van der Waals surface area contributed by atoms with Crippen molar-refractivity contribution in [2.24, 2.45) is 0 Å². The fourth-order valence-electron chi connectivity index (χ4n) is 0.905. The summed E-state index contributed by atoms with van der Waals surface area (Å²) in [5, 5.41) is 0. The Labute approximate surface area is 84.9 Å². The molecule has 0 aliphatic carbocycles. The second-order valence-electron chi connectivity index (χ2n) is 2.52. The van der Waals surface area contributed by atoms with Crippen molar-refractivity contribution in [3.8, 4) is 0 Å². The summed E-state index contributed by atoms with van der Waals surface area (Å²) in [7, 11) is 0. The molecular weight excluding hydrogens is 307 g/mol. The van der Waals surface area contributed by atoms with E-state index in [1.807, 2.05) is 0 Å². The first kappa shape index (κ1) is 17.8. The van der Waals surface area contributed by atoms with Crippen LogP contribution in [0, 0.1) is 0 Å². The van der Waals surface area contributed by atoms with Crippen LogP contribution in [0.4, 0.5) is 0 Å². The molecule has 0 aliphatic rings. The molecule has 11 heavy (non-hydrogen) atoms. The summed E-state index contributed by atoms with van der Waals surface area (Å²) in [4.78, 5) is 0. The fourth-order valence-corrected chi connectivity index (χ4v) is 1.80. The summed E-state index contributed by atoms with van der Waals surface area (Å²) in [5.41, 5.74) is 0. The number of hydrogen-bond donors (Lipinski definition) is 0. The second kappa shape index (κ2) is 17.0. The zero-order valence-corrected chi connectivity index (χ0v) is 11.0. The first-order valence-corrected chi connectivity index (χ1v) is 6.60. The third-order valence-corrected chi connectivity index (χ3v) is 2.80. The zero-order valence-electron chi connectivity index (χ0n) is 7.45. The van der Waals surface area contributed by atoms with Crippen LogP contribution >= 0.6 is 0 Å². The van der Waals surface area contributed by atoms with E-state index in [1.54, 1.807) is 0 Å². The molecular formula is C8H21HfO2. The minimum absolute atomic E-state index is 0. The Morgan fingerprint density at radius 2 is 1.27 bits per heavy atom. The molecule has 0 rings (SSSR count). The maximum Gasteiger partial charge on any atom is -0.412 e. The van der Waals surface area contributed by atoms with Crippen LogP contribution in [0.25, 0.3) is 0 Å². The molecule has 0 atom stereocenters. The van der Waals surface area contributed by atoms with Crippen LogP contribution in [0.5, 0.6) is 0 Å². The Kier molecular flexibility index (Phi) is 27.5.